The number of carboxylic acid groups (broad SMARTS) is 1. The molecule has 0 aliphatic heterocycles. The van der Waals surface area contributed by atoms with Crippen molar-refractivity contribution in [1.82, 2.24) is 0 Å². The van der Waals surface area contributed by atoms with Crippen molar-refractivity contribution in [1.29, 1.82) is 0 Å². The molecule has 0 aliphatic rings. The molecule has 8 nitrogen and oxygen atoms in total. The minimum absolute atomic E-state index is 0.0363. The summed E-state index contributed by atoms with van der Waals surface area (Å²) >= 11 is 0. The Labute approximate surface area is 318 Å². The Bertz CT molecular complexity index is 995. The number of carboxylic acids is 1. The van der Waals surface area contributed by atoms with Crippen molar-refractivity contribution in [2.45, 2.75) is 174 Å². The molecular formula is C44H77NO7. The predicted molar refractivity (Wildman–Crippen MR) is 213 cm³/mol. The lowest BCUT2D eigenvalue weighted by molar-refractivity contribution is -0.889. The van der Waals surface area contributed by atoms with E-state index in [2.05, 4.69) is 62.5 Å². The number of allylic oxidation sites excluding steroid dienone is 8. The Morgan fingerprint density at radius 3 is 1.60 bits per heavy atom. The number of likely N-dealkylation sites (N-methyl/N-ethyl adjacent to an activating group) is 1. The van der Waals surface area contributed by atoms with Gasteiger partial charge in [0.25, 0.3) is 0 Å². The summed E-state index contributed by atoms with van der Waals surface area (Å²) in [6.07, 6.45) is 39.9. The summed E-state index contributed by atoms with van der Waals surface area (Å²) in [6.45, 7) is 4.50. The molecule has 0 rings (SSSR count). The molecule has 300 valence electrons. The Morgan fingerprint density at radius 2 is 1.08 bits per heavy atom. The Balaban J connectivity index is 4.32. The first kappa shape index (κ1) is 49.3. The number of aliphatic carboxylic acids is 1. The molecule has 0 fully saturated rings. The molecule has 0 N–H and O–H groups in total. The molecule has 0 aromatic heterocycles. The van der Waals surface area contributed by atoms with Crippen LogP contribution < -0.4 is 5.11 Å². The van der Waals surface area contributed by atoms with Crippen molar-refractivity contribution in [2.24, 2.45) is 0 Å². The minimum Gasteiger partial charge on any atom is -0.544 e. The highest BCUT2D eigenvalue weighted by Crippen LogP contribution is 2.13. The largest absolute Gasteiger partial charge is 0.544 e. The fourth-order valence-corrected chi connectivity index (χ4v) is 5.77. The lowest BCUT2D eigenvalue weighted by Crippen LogP contribution is -2.55. The molecule has 0 amide bonds. The summed E-state index contributed by atoms with van der Waals surface area (Å²) in [6, 6.07) is -0.726. The average Bonchev–Trinajstić information content (AvgIpc) is 3.09. The van der Waals surface area contributed by atoms with Gasteiger partial charge in [-0.3, -0.25) is 9.59 Å². The van der Waals surface area contributed by atoms with Crippen molar-refractivity contribution < 1.29 is 38.2 Å². The molecule has 0 spiro atoms. The first-order chi connectivity index (χ1) is 25.1. The summed E-state index contributed by atoms with van der Waals surface area (Å²) < 4.78 is 17.1. The van der Waals surface area contributed by atoms with Crippen LogP contribution in [0.4, 0.5) is 0 Å². The van der Waals surface area contributed by atoms with Crippen LogP contribution in [0.25, 0.3) is 0 Å². The normalized spacial score (nSPS) is 13.5. The number of carbonyl (C=O) groups is 3. The quantitative estimate of drug-likeness (QED) is 0.0274. The van der Waals surface area contributed by atoms with Gasteiger partial charge >= 0.3 is 11.9 Å². The molecule has 2 atom stereocenters. The van der Waals surface area contributed by atoms with E-state index in [1.807, 2.05) is 0 Å². The van der Waals surface area contributed by atoms with Crippen LogP contribution in [0.15, 0.2) is 48.6 Å². The highest BCUT2D eigenvalue weighted by Gasteiger charge is 2.25. The second kappa shape index (κ2) is 35.3. The number of unbranched alkanes of at least 4 members (excludes halogenated alkanes) is 14. The second-order valence-electron chi connectivity index (χ2n) is 14.8. The number of hydrogen-bond donors (Lipinski definition) is 0. The molecule has 0 aromatic carbocycles. The molecule has 0 aliphatic carbocycles. The lowest BCUT2D eigenvalue weighted by Gasteiger charge is -2.34. The van der Waals surface area contributed by atoms with E-state index in [-0.39, 0.29) is 42.7 Å². The van der Waals surface area contributed by atoms with Crippen molar-refractivity contribution in [3.63, 3.8) is 0 Å². The molecule has 0 bridgehead atoms. The maximum absolute atomic E-state index is 12.6. The van der Waals surface area contributed by atoms with Crippen LogP contribution in [0.3, 0.4) is 0 Å². The van der Waals surface area contributed by atoms with Crippen molar-refractivity contribution in [3.05, 3.63) is 48.6 Å². The van der Waals surface area contributed by atoms with Gasteiger partial charge in [0, 0.05) is 19.3 Å². The maximum atomic E-state index is 12.6. The molecule has 52 heavy (non-hydrogen) atoms. The lowest BCUT2D eigenvalue weighted by atomic mass is 10.1. The third kappa shape index (κ3) is 33.1. The van der Waals surface area contributed by atoms with Crippen molar-refractivity contribution >= 4 is 17.9 Å². The SMILES string of the molecule is CC/C=C/C/C=C/C/C=C/C/C=C/CCCCCCCCC(=O)OCC(COCCC(C(=O)[O-])[N+](C)(C)C)OC(=O)CCCCCCCCCCC. The zero-order valence-corrected chi connectivity index (χ0v) is 34.0. The predicted octanol–water partition coefficient (Wildman–Crippen LogP) is 9.52. The van der Waals surface area contributed by atoms with Crippen LogP contribution in [0.1, 0.15) is 162 Å². The van der Waals surface area contributed by atoms with E-state index < -0.39 is 18.1 Å². The van der Waals surface area contributed by atoms with E-state index in [9.17, 15) is 19.5 Å². The van der Waals surface area contributed by atoms with Crippen LogP contribution in [0, 0.1) is 0 Å². The van der Waals surface area contributed by atoms with Crippen LogP contribution in [0.2, 0.25) is 0 Å². The van der Waals surface area contributed by atoms with Crippen LogP contribution in [-0.2, 0) is 28.6 Å². The van der Waals surface area contributed by atoms with Crippen molar-refractivity contribution in [3.8, 4) is 0 Å². The number of ether oxygens (including phenoxy) is 3. The number of rotatable bonds is 36. The maximum Gasteiger partial charge on any atom is 0.306 e. The Morgan fingerprint density at radius 1 is 0.596 bits per heavy atom. The summed E-state index contributed by atoms with van der Waals surface area (Å²) in [5.41, 5.74) is 0. The number of carbonyl (C=O) groups excluding carboxylic acids is 3. The fraction of sp³-hybridized carbons (Fsp3) is 0.750. The molecule has 0 saturated carbocycles. The van der Waals surface area contributed by atoms with Gasteiger partial charge in [-0.05, 0) is 51.4 Å². The summed E-state index contributed by atoms with van der Waals surface area (Å²) in [4.78, 5) is 36.7. The minimum atomic E-state index is -1.13. The van der Waals surface area contributed by atoms with Gasteiger partial charge in [0.05, 0.1) is 40.3 Å². The topological polar surface area (TPSA) is 102 Å². The Hall–Kier alpha value is -2.71. The number of nitrogens with zero attached hydrogens (tertiary/aromatic N) is 1. The molecule has 0 heterocycles. The summed E-state index contributed by atoms with van der Waals surface area (Å²) in [5, 5.41) is 11.6. The molecule has 0 aromatic rings. The van der Waals surface area contributed by atoms with E-state index in [0.29, 0.717) is 12.8 Å². The first-order valence-corrected chi connectivity index (χ1v) is 20.7. The van der Waals surface area contributed by atoms with Gasteiger partial charge in [-0.25, -0.2) is 0 Å². The van der Waals surface area contributed by atoms with E-state index in [0.717, 1.165) is 77.0 Å². The zero-order valence-electron chi connectivity index (χ0n) is 34.0. The molecule has 8 heteroatoms. The smallest absolute Gasteiger partial charge is 0.306 e. The van der Waals surface area contributed by atoms with Gasteiger partial charge < -0.3 is 28.6 Å². The zero-order chi connectivity index (χ0) is 38.5. The highest BCUT2D eigenvalue weighted by molar-refractivity contribution is 5.70. The summed E-state index contributed by atoms with van der Waals surface area (Å²) in [7, 11) is 5.39. The highest BCUT2D eigenvalue weighted by atomic mass is 16.6. The monoisotopic (exact) mass is 732 g/mol. The molecule has 0 radical (unpaired) electrons. The van der Waals surface area contributed by atoms with Crippen molar-refractivity contribution in [2.75, 3.05) is 41.0 Å². The van der Waals surface area contributed by atoms with Crippen LogP contribution in [0.5, 0.6) is 0 Å². The van der Waals surface area contributed by atoms with Crippen LogP contribution in [-0.4, -0.2) is 75.5 Å². The summed E-state index contributed by atoms with van der Waals surface area (Å²) in [5.74, 6) is -1.76. The number of hydrogen-bond acceptors (Lipinski definition) is 7. The molecule has 0 saturated heterocycles. The van der Waals surface area contributed by atoms with Gasteiger partial charge in [-0.1, -0.05) is 140 Å². The first-order valence-electron chi connectivity index (χ1n) is 20.7. The third-order valence-electron chi connectivity index (χ3n) is 8.98. The molecular weight excluding hydrogens is 654 g/mol. The van der Waals surface area contributed by atoms with Gasteiger partial charge in [-0.15, -0.1) is 0 Å². The van der Waals surface area contributed by atoms with E-state index >= 15 is 0 Å². The Kier molecular flexibility index (Phi) is 33.5. The van der Waals surface area contributed by atoms with Gasteiger partial charge in [-0.2, -0.15) is 0 Å². The van der Waals surface area contributed by atoms with Crippen LogP contribution >= 0.6 is 0 Å². The third-order valence-corrected chi connectivity index (χ3v) is 8.98. The number of esters is 2. The van der Waals surface area contributed by atoms with Gasteiger partial charge in [0.2, 0.25) is 0 Å². The standard InChI is InChI=1S/C44H77NO7/c1-6-8-10-12-14-16-17-18-19-20-21-22-23-24-25-27-28-30-32-34-42(46)51-39-40(38-50-37-36-41(44(48)49)45(3,4)5)52-43(47)35-33-31-29-26-15-13-11-9-7-2/h8,10,14,16,18-19,21-22,40-41H,6-7,9,11-13,15,17,20,23-39H2,1-5H3/b10-8+,16-14+,19-18+,22-21+. The second-order valence-corrected chi connectivity index (χ2v) is 14.8. The van der Waals surface area contributed by atoms with E-state index in [4.69, 9.17) is 14.2 Å². The number of quaternary nitrogens is 1. The van der Waals surface area contributed by atoms with Gasteiger partial charge in [0.15, 0.2) is 6.10 Å². The average molecular weight is 732 g/mol. The fourth-order valence-electron chi connectivity index (χ4n) is 5.77. The molecule has 2 unspecified atom stereocenters. The van der Waals surface area contributed by atoms with E-state index in [1.165, 1.54) is 51.4 Å². The van der Waals surface area contributed by atoms with E-state index in [1.54, 1.807) is 21.1 Å². The van der Waals surface area contributed by atoms with Gasteiger partial charge in [0.1, 0.15) is 12.6 Å².